The van der Waals surface area contributed by atoms with E-state index in [4.69, 9.17) is 0 Å². The molecule has 0 radical (unpaired) electrons. The molecule has 1 aliphatic heterocycles. The fraction of sp³-hybridized carbons (Fsp3) is 0.333. The lowest BCUT2D eigenvalue weighted by molar-refractivity contribution is -0.567. The summed E-state index contributed by atoms with van der Waals surface area (Å²) in [5, 5.41) is 0. The van der Waals surface area contributed by atoms with Gasteiger partial charge < -0.3 is 4.90 Å². The topological polar surface area (TPSA) is 7.12 Å². The van der Waals surface area contributed by atoms with E-state index in [2.05, 4.69) is 29.3 Å². The van der Waals surface area contributed by atoms with Gasteiger partial charge in [-0.05, 0) is 12.8 Å². The number of pyridine rings is 1. The van der Waals surface area contributed by atoms with Crippen LogP contribution in [0.5, 0.6) is 0 Å². The van der Waals surface area contributed by atoms with Gasteiger partial charge in [-0.15, -0.1) is 0 Å². The van der Waals surface area contributed by atoms with E-state index in [1.807, 2.05) is 23.2 Å². The third-order valence-corrected chi connectivity index (χ3v) is 2.55. The molecule has 0 atom stereocenters. The van der Waals surface area contributed by atoms with Gasteiger partial charge in [0.1, 0.15) is 0 Å². The standard InChI is InChI=1S/C12H15N2/c1-2-7-13-10-5-12(6-11-13)14-8-3-4-9-14/h5-7,10-11H,1,3-4,8-9H2/q+1. The highest BCUT2D eigenvalue weighted by Gasteiger charge is 2.12. The summed E-state index contributed by atoms with van der Waals surface area (Å²) < 4.78 is 1.95. The van der Waals surface area contributed by atoms with Gasteiger partial charge in [-0.1, -0.05) is 12.3 Å². The van der Waals surface area contributed by atoms with E-state index in [1.165, 1.54) is 31.6 Å². The zero-order valence-corrected chi connectivity index (χ0v) is 8.32. The molecular weight excluding hydrogens is 172 g/mol. The van der Waals surface area contributed by atoms with Crippen molar-refractivity contribution in [1.29, 1.82) is 0 Å². The Labute approximate surface area is 84.8 Å². The van der Waals surface area contributed by atoms with Gasteiger partial charge in [-0.2, -0.15) is 4.57 Å². The van der Waals surface area contributed by atoms with Crippen LogP contribution >= 0.6 is 0 Å². The van der Waals surface area contributed by atoms with Gasteiger partial charge in [-0.25, -0.2) is 0 Å². The Morgan fingerprint density at radius 3 is 2.50 bits per heavy atom. The van der Waals surface area contributed by atoms with Crippen LogP contribution in [0.2, 0.25) is 0 Å². The summed E-state index contributed by atoms with van der Waals surface area (Å²) in [6.45, 7) is 5.94. The molecule has 14 heavy (non-hydrogen) atoms. The lowest BCUT2D eigenvalue weighted by atomic mass is 10.3. The Kier molecular flexibility index (Phi) is 2.66. The Morgan fingerprint density at radius 1 is 1.29 bits per heavy atom. The van der Waals surface area contributed by atoms with Crippen LogP contribution in [0.25, 0.3) is 6.20 Å². The van der Waals surface area contributed by atoms with E-state index >= 15 is 0 Å². The second-order valence-corrected chi connectivity index (χ2v) is 3.53. The molecule has 2 heteroatoms. The van der Waals surface area contributed by atoms with E-state index in [-0.39, 0.29) is 0 Å². The van der Waals surface area contributed by atoms with Crippen LogP contribution in [-0.2, 0) is 0 Å². The molecule has 0 unspecified atom stereocenters. The normalized spacial score (nSPS) is 15.3. The molecule has 0 bridgehead atoms. The Balaban J connectivity index is 2.16. The number of hydrogen-bond acceptors (Lipinski definition) is 1. The van der Waals surface area contributed by atoms with Crippen LogP contribution in [-0.4, -0.2) is 13.1 Å². The van der Waals surface area contributed by atoms with Gasteiger partial charge >= 0.3 is 0 Å². The molecule has 0 aliphatic carbocycles. The van der Waals surface area contributed by atoms with Crippen LogP contribution in [0, 0.1) is 0 Å². The van der Waals surface area contributed by atoms with Gasteiger partial charge in [0.2, 0.25) is 6.20 Å². The summed E-state index contributed by atoms with van der Waals surface area (Å²) in [6.07, 6.45) is 8.52. The minimum atomic E-state index is 1.20. The monoisotopic (exact) mass is 187 g/mol. The Bertz CT molecular complexity index is 341. The van der Waals surface area contributed by atoms with Crippen LogP contribution < -0.4 is 9.47 Å². The summed E-state index contributed by atoms with van der Waals surface area (Å²) in [5.41, 5.74) is 4.06. The quantitative estimate of drug-likeness (QED) is 0.506. The third kappa shape index (κ3) is 1.86. The first-order chi connectivity index (χ1) is 6.90. The predicted octanol–water partition coefficient (Wildman–Crippen LogP) is 1.83. The maximum absolute atomic E-state index is 3.54. The molecule has 1 saturated heterocycles. The van der Waals surface area contributed by atoms with Gasteiger partial charge in [0.25, 0.3) is 0 Å². The second-order valence-electron chi connectivity index (χ2n) is 3.53. The number of aromatic nitrogens is 1. The largest absolute Gasteiger partial charge is 0.371 e. The second kappa shape index (κ2) is 4.12. The summed E-state index contributed by atoms with van der Waals surface area (Å²) in [6, 6.07) is 4.28. The minimum Gasteiger partial charge on any atom is -0.371 e. The van der Waals surface area contributed by atoms with Crippen LogP contribution in [0.1, 0.15) is 12.8 Å². The smallest absolute Gasteiger partial charge is 0.217 e. The highest BCUT2D eigenvalue weighted by Crippen LogP contribution is 2.17. The Hall–Kier alpha value is -1.53. The van der Waals surface area contributed by atoms with E-state index in [9.17, 15) is 0 Å². The molecule has 0 aromatic carbocycles. The summed E-state index contributed by atoms with van der Waals surface area (Å²) in [7, 11) is 0. The van der Waals surface area contributed by atoms with Crippen molar-refractivity contribution in [2.75, 3.05) is 18.0 Å². The van der Waals surface area contributed by atoms with Crippen molar-refractivity contribution < 1.29 is 4.57 Å². The fourth-order valence-corrected chi connectivity index (χ4v) is 1.81. The average molecular weight is 187 g/mol. The van der Waals surface area contributed by atoms with Crippen molar-refractivity contribution in [3.8, 4) is 0 Å². The molecule has 1 fully saturated rings. The van der Waals surface area contributed by atoms with Gasteiger partial charge in [0.15, 0.2) is 12.4 Å². The lowest BCUT2D eigenvalue weighted by Crippen LogP contribution is -2.25. The highest BCUT2D eigenvalue weighted by molar-refractivity contribution is 5.44. The van der Waals surface area contributed by atoms with Crippen LogP contribution in [0.15, 0.2) is 36.8 Å². The average Bonchev–Trinajstić information content (AvgIpc) is 2.72. The van der Waals surface area contributed by atoms with Crippen molar-refractivity contribution >= 4 is 11.9 Å². The summed E-state index contributed by atoms with van der Waals surface area (Å²) in [5.74, 6) is 0. The summed E-state index contributed by atoms with van der Waals surface area (Å²) >= 11 is 0. The zero-order chi connectivity index (χ0) is 9.80. The zero-order valence-electron chi connectivity index (χ0n) is 8.32. The third-order valence-electron chi connectivity index (χ3n) is 2.55. The van der Waals surface area contributed by atoms with Crippen molar-refractivity contribution in [3.63, 3.8) is 0 Å². The molecular formula is C12H15N2+. The van der Waals surface area contributed by atoms with Crippen molar-refractivity contribution in [3.05, 3.63) is 36.8 Å². The predicted molar refractivity (Wildman–Crippen MR) is 58.0 cm³/mol. The van der Waals surface area contributed by atoms with Crippen molar-refractivity contribution in [2.45, 2.75) is 12.8 Å². The van der Waals surface area contributed by atoms with E-state index in [0.717, 1.165) is 0 Å². The van der Waals surface area contributed by atoms with E-state index in [0.29, 0.717) is 0 Å². The molecule has 0 N–H and O–H groups in total. The van der Waals surface area contributed by atoms with Crippen LogP contribution in [0.3, 0.4) is 0 Å². The highest BCUT2D eigenvalue weighted by atomic mass is 15.1. The van der Waals surface area contributed by atoms with Crippen LogP contribution in [0.4, 0.5) is 5.69 Å². The molecule has 1 aromatic rings. The molecule has 0 saturated carbocycles. The molecule has 72 valence electrons. The van der Waals surface area contributed by atoms with Gasteiger partial charge in [0, 0.05) is 30.9 Å². The summed E-state index contributed by atoms with van der Waals surface area (Å²) in [4.78, 5) is 2.42. The molecule has 2 heterocycles. The van der Waals surface area contributed by atoms with E-state index in [1.54, 1.807) is 0 Å². The van der Waals surface area contributed by atoms with Gasteiger partial charge in [-0.3, -0.25) is 0 Å². The number of nitrogens with zero attached hydrogens (tertiary/aromatic N) is 2. The molecule has 2 nitrogen and oxygen atoms in total. The first kappa shape index (κ1) is 9.04. The fourth-order valence-electron chi connectivity index (χ4n) is 1.81. The maximum Gasteiger partial charge on any atom is 0.217 e. The minimum absolute atomic E-state index is 1.20. The molecule has 0 spiro atoms. The van der Waals surface area contributed by atoms with Crippen molar-refractivity contribution in [1.82, 2.24) is 0 Å². The lowest BCUT2D eigenvalue weighted by Gasteiger charge is -2.15. The van der Waals surface area contributed by atoms with E-state index < -0.39 is 0 Å². The number of rotatable bonds is 2. The number of anilines is 1. The first-order valence-corrected chi connectivity index (χ1v) is 5.02. The maximum atomic E-state index is 3.54. The van der Waals surface area contributed by atoms with Gasteiger partial charge in [0.05, 0.1) is 0 Å². The first-order valence-electron chi connectivity index (χ1n) is 5.02. The molecule has 1 aromatic heterocycles. The molecule has 1 aliphatic rings. The van der Waals surface area contributed by atoms with Crippen molar-refractivity contribution in [2.24, 2.45) is 0 Å². The number of hydrogen-bond donors (Lipinski definition) is 0. The SMILES string of the molecule is C=C=C[n+]1ccc(N2CCCC2)cc1. The molecule has 2 rings (SSSR count). The Morgan fingerprint density at radius 2 is 1.93 bits per heavy atom. The molecule has 0 amide bonds.